The van der Waals surface area contributed by atoms with Crippen LogP contribution in [0.1, 0.15) is 62.0 Å². The van der Waals surface area contributed by atoms with Crippen molar-refractivity contribution in [3.63, 3.8) is 0 Å². The van der Waals surface area contributed by atoms with Crippen molar-refractivity contribution in [1.82, 2.24) is 4.98 Å². The highest BCUT2D eigenvalue weighted by Crippen LogP contribution is 2.38. The number of pyridine rings is 1. The van der Waals surface area contributed by atoms with Crippen LogP contribution in [-0.4, -0.2) is 34.4 Å². The van der Waals surface area contributed by atoms with Crippen LogP contribution in [0.4, 0.5) is 0 Å². The van der Waals surface area contributed by atoms with Gasteiger partial charge in [-0.05, 0) is 48.9 Å². The van der Waals surface area contributed by atoms with Crippen molar-refractivity contribution in [3.05, 3.63) is 88.2 Å². The molecule has 8 nitrogen and oxygen atoms in total. The van der Waals surface area contributed by atoms with Gasteiger partial charge in [0.2, 0.25) is 5.91 Å². The number of nitrogens with zero attached hydrogens (tertiary/aromatic N) is 1. The van der Waals surface area contributed by atoms with Crippen LogP contribution in [0.25, 0.3) is 0 Å². The number of aromatic nitrogens is 1. The number of fused-ring (bicyclic) bond motifs is 1. The quantitative estimate of drug-likeness (QED) is 0.525. The molecule has 0 saturated carbocycles. The van der Waals surface area contributed by atoms with E-state index in [0.29, 0.717) is 46.9 Å². The van der Waals surface area contributed by atoms with Crippen molar-refractivity contribution in [2.75, 3.05) is 6.61 Å². The number of hydrogen-bond donors (Lipinski definition) is 2. The van der Waals surface area contributed by atoms with Gasteiger partial charge in [0.15, 0.2) is 5.78 Å². The minimum absolute atomic E-state index is 0.0340. The molecule has 2 heterocycles. The number of carboxylic acid groups (broad SMARTS) is 1. The maximum absolute atomic E-state index is 12.2. The second-order valence-electron chi connectivity index (χ2n) is 8.05. The number of ether oxygens (including phenoxy) is 2. The molecular weight excluding hydrogens is 436 g/mol. The summed E-state index contributed by atoms with van der Waals surface area (Å²) in [6.45, 7) is 2.16. The van der Waals surface area contributed by atoms with Gasteiger partial charge in [-0.15, -0.1) is 0 Å². The summed E-state index contributed by atoms with van der Waals surface area (Å²) in [4.78, 5) is 39.0. The molecule has 0 aliphatic carbocycles. The standard InChI is InChI=1S/C26H24N2O6/c1-15-22(8-7-20-21(29)11-13-33-24(15)20)34-25(16-2-4-17(5-3-16)26(27)32)18-10-12-28-19(14-18)6-9-23(30)31/h2-5,7-8,10,12,14,25H,6,9,11,13H2,1H3,(H2,27,32)(H,30,31)/t25-/m1/s1. The molecule has 2 aromatic carbocycles. The van der Waals surface area contributed by atoms with Gasteiger partial charge in [0, 0.05) is 41.4 Å². The summed E-state index contributed by atoms with van der Waals surface area (Å²) < 4.78 is 12.2. The normalized spacial score (nSPS) is 13.5. The van der Waals surface area contributed by atoms with Crippen LogP contribution in [0, 0.1) is 6.92 Å². The third kappa shape index (κ3) is 4.91. The highest BCUT2D eigenvalue weighted by Gasteiger charge is 2.25. The molecule has 0 fully saturated rings. The Labute approximate surface area is 196 Å². The minimum Gasteiger partial charge on any atom is -0.492 e. The fourth-order valence-corrected chi connectivity index (χ4v) is 3.90. The number of aryl methyl sites for hydroxylation is 1. The fourth-order valence-electron chi connectivity index (χ4n) is 3.90. The third-order valence-corrected chi connectivity index (χ3v) is 5.71. The van der Waals surface area contributed by atoms with E-state index in [1.54, 1.807) is 48.7 Å². The van der Waals surface area contributed by atoms with Crippen LogP contribution in [-0.2, 0) is 11.2 Å². The van der Waals surface area contributed by atoms with E-state index >= 15 is 0 Å². The van der Waals surface area contributed by atoms with Gasteiger partial charge in [-0.25, -0.2) is 0 Å². The zero-order chi connectivity index (χ0) is 24.2. The molecule has 174 valence electrons. The first-order valence-corrected chi connectivity index (χ1v) is 10.9. The van der Waals surface area contributed by atoms with Gasteiger partial charge in [-0.3, -0.25) is 19.4 Å². The lowest BCUT2D eigenvalue weighted by Gasteiger charge is -2.25. The summed E-state index contributed by atoms with van der Waals surface area (Å²) in [6, 6.07) is 13.8. The second-order valence-corrected chi connectivity index (χ2v) is 8.05. The van der Waals surface area contributed by atoms with Gasteiger partial charge in [0.1, 0.15) is 17.6 Å². The van der Waals surface area contributed by atoms with Crippen molar-refractivity contribution in [2.24, 2.45) is 5.73 Å². The third-order valence-electron chi connectivity index (χ3n) is 5.71. The molecule has 0 saturated heterocycles. The van der Waals surface area contributed by atoms with Gasteiger partial charge in [-0.1, -0.05) is 12.1 Å². The molecule has 1 aliphatic heterocycles. The Hall–Kier alpha value is -4.20. The van der Waals surface area contributed by atoms with E-state index in [4.69, 9.17) is 20.3 Å². The zero-order valence-corrected chi connectivity index (χ0v) is 18.6. The molecule has 1 atom stereocenters. The van der Waals surface area contributed by atoms with E-state index in [1.807, 2.05) is 13.0 Å². The highest BCUT2D eigenvalue weighted by molar-refractivity contribution is 6.00. The molecule has 4 rings (SSSR count). The summed E-state index contributed by atoms with van der Waals surface area (Å²) in [5.74, 6) is -0.334. The fraction of sp³-hybridized carbons (Fsp3) is 0.231. The highest BCUT2D eigenvalue weighted by atomic mass is 16.5. The molecule has 0 bridgehead atoms. The Morgan fingerprint density at radius 3 is 2.62 bits per heavy atom. The Morgan fingerprint density at radius 1 is 1.15 bits per heavy atom. The summed E-state index contributed by atoms with van der Waals surface area (Å²) in [7, 11) is 0. The van der Waals surface area contributed by atoms with Crippen molar-refractivity contribution in [1.29, 1.82) is 0 Å². The molecule has 3 aromatic rings. The Morgan fingerprint density at radius 2 is 1.91 bits per heavy atom. The van der Waals surface area contributed by atoms with Crippen LogP contribution >= 0.6 is 0 Å². The summed E-state index contributed by atoms with van der Waals surface area (Å²) in [6.07, 6.45) is 1.61. The van der Waals surface area contributed by atoms with Gasteiger partial charge in [0.05, 0.1) is 18.6 Å². The second kappa shape index (κ2) is 9.74. The van der Waals surface area contributed by atoms with E-state index in [-0.39, 0.29) is 18.6 Å². The smallest absolute Gasteiger partial charge is 0.303 e. The van der Waals surface area contributed by atoms with E-state index in [1.165, 1.54) is 0 Å². The Bertz CT molecular complexity index is 1250. The first kappa shape index (κ1) is 23.0. The summed E-state index contributed by atoms with van der Waals surface area (Å²) in [5, 5.41) is 9.02. The molecule has 1 amide bonds. The molecule has 1 aromatic heterocycles. The van der Waals surface area contributed by atoms with Crippen molar-refractivity contribution in [2.45, 2.75) is 32.3 Å². The van der Waals surface area contributed by atoms with Gasteiger partial charge < -0.3 is 20.3 Å². The average molecular weight is 460 g/mol. The van der Waals surface area contributed by atoms with E-state index in [0.717, 1.165) is 11.1 Å². The minimum atomic E-state index is -0.902. The molecule has 1 aliphatic rings. The number of ketones is 1. The largest absolute Gasteiger partial charge is 0.492 e. The van der Waals surface area contributed by atoms with Crippen molar-refractivity contribution in [3.8, 4) is 11.5 Å². The Balaban J connectivity index is 1.73. The molecular formula is C26H24N2O6. The number of primary amides is 1. The van der Waals surface area contributed by atoms with Crippen molar-refractivity contribution >= 4 is 17.7 Å². The number of carboxylic acids is 1. The monoisotopic (exact) mass is 460 g/mol. The number of benzene rings is 2. The number of carbonyl (C=O) groups excluding carboxylic acids is 2. The number of amides is 1. The van der Waals surface area contributed by atoms with E-state index in [9.17, 15) is 14.4 Å². The van der Waals surface area contributed by atoms with E-state index < -0.39 is 18.0 Å². The number of carbonyl (C=O) groups is 3. The molecule has 3 N–H and O–H groups in total. The molecule has 0 unspecified atom stereocenters. The number of nitrogens with two attached hydrogens (primary N) is 1. The van der Waals surface area contributed by atoms with Gasteiger partial charge >= 0.3 is 5.97 Å². The van der Waals surface area contributed by atoms with Crippen LogP contribution in [0.2, 0.25) is 0 Å². The van der Waals surface area contributed by atoms with Crippen molar-refractivity contribution < 1.29 is 29.0 Å². The Kier molecular flexibility index (Phi) is 6.58. The van der Waals surface area contributed by atoms with Crippen LogP contribution in [0.15, 0.2) is 54.7 Å². The number of rotatable bonds is 8. The predicted molar refractivity (Wildman–Crippen MR) is 123 cm³/mol. The molecule has 34 heavy (non-hydrogen) atoms. The average Bonchev–Trinajstić information content (AvgIpc) is 2.83. The lowest BCUT2D eigenvalue weighted by atomic mass is 9.98. The first-order chi connectivity index (χ1) is 16.3. The topological polar surface area (TPSA) is 129 Å². The number of hydrogen-bond acceptors (Lipinski definition) is 6. The maximum Gasteiger partial charge on any atom is 0.303 e. The van der Waals surface area contributed by atoms with Gasteiger partial charge in [0.25, 0.3) is 0 Å². The molecule has 0 radical (unpaired) electrons. The zero-order valence-electron chi connectivity index (χ0n) is 18.6. The first-order valence-electron chi connectivity index (χ1n) is 10.9. The van der Waals surface area contributed by atoms with Crippen LogP contribution in [0.3, 0.4) is 0 Å². The van der Waals surface area contributed by atoms with Crippen LogP contribution < -0.4 is 15.2 Å². The number of aliphatic carboxylic acids is 1. The SMILES string of the molecule is Cc1c(O[C@H](c2ccc(C(N)=O)cc2)c2ccnc(CCC(=O)O)c2)ccc2c1OCCC2=O. The van der Waals surface area contributed by atoms with E-state index in [2.05, 4.69) is 4.98 Å². The molecule has 0 spiro atoms. The summed E-state index contributed by atoms with van der Waals surface area (Å²) in [5.41, 5.74) is 9.15. The lowest BCUT2D eigenvalue weighted by Crippen LogP contribution is -2.17. The molecule has 8 heteroatoms. The predicted octanol–water partition coefficient (Wildman–Crippen LogP) is 3.64. The summed E-state index contributed by atoms with van der Waals surface area (Å²) >= 11 is 0. The van der Waals surface area contributed by atoms with Gasteiger partial charge in [-0.2, -0.15) is 0 Å². The lowest BCUT2D eigenvalue weighted by molar-refractivity contribution is -0.136. The maximum atomic E-state index is 12.2. The number of Topliss-reactive ketones (excluding diaryl/α,β-unsaturated/α-hetero) is 1. The van der Waals surface area contributed by atoms with Crippen LogP contribution in [0.5, 0.6) is 11.5 Å².